The Kier molecular flexibility index (Phi) is 11.2. The van der Waals surface area contributed by atoms with Crippen LogP contribution in [0.25, 0.3) is 10.2 Å². The summed E-state index contributed by atoms with van der Waals surface area (Å²) in [7, 11) is 0. The molecular formula is C28H35N3O6S3. The monoisotopic (exact) mass is 605 g/mol. The van der Waals surface area contributed by atoms with Crippen LogP contribution in [0.15, 0.2) is 23.2 Å². The number of nitrogens with one attached hydrogen (secondary N) is 1. The molecule has 216 valence electrons. The molecule has 1 aromatic carbocycles. The van der Waals surface area contributed by atoms with E-state index >= 15 is 0 Å². The summed E-state index contributed by atoms with van der Waals surface area (Å²) in [5.74, 6) is -0.0836. The number of anilines is 1. The fraction of sp³-hybridized carbons (Fsp3) is 0.500. The van der Waals surface area contributed by atoms with Gasteiger partial charge in [-0.3, -0.25) is 9.59 Å². The molecule has 0 unspecified atom stereocenters. The number of carbonyl (C=O) groups excluding carboxylic acids is 3. The quantitative estimate of drug-likeness (QED) is 0.215. The van der Waals surface area contributed by atoms with Crippen molar-refractivity contribution in [3.8, 4) is 5.75 Å². The van der Waals surface area contributed by atoms with Crippen LogP contribution in [0.1, 0.15) is 54.4 Å². The molecule has 1 aliphatic rings. The number of thiazole rings is 1. The van der Waals surface area contributed by atoms with Crippen molar-refractivity contribution in [2.45, 2.75) is 53.0 Å². The molecule has 0 fully saturated rings. The number of fused-ring (bicyclic) bond motifs is 2. The first kappa shape index (κ1) is 30.3. The van der Waals surface area contributed by atoms with Gasteiger partial charge in [0.2, 0.25) is 5.91 Å². The highest BCUT2D eigenvalue weighted by atomic mass is 32.2. The number of nitrogens with zero attached hydrogens (tertiary/aromatic N) is 2. The second-order valence-electron chi connectivity index (χ2n) is 8.98. The molecule has 0 bridgehead atoms. The Morgan fingerprint density at radius 2 is 1.88 bits per heavy atom. The molecule has 1 aliphatic carbocycles. The van der Waals surface area contributed by atoms with Crippen LogP contribution in [0.2, 0.25) is 0 Å². The molecule has 2 heterocycles. The number of thiophene rings is 1. The number of aromatic nitrogens is 1. The molecule has 0 aliphatic heterocycles. The summed E-state index contributed by atoms with van der Waals surface area (Å²) in [4.78, 5) is 44.3. The lowest BCUT2D eigenvalue weighted by Crippen LogP contribution is -2.21. The summed E-state index contributed by atoms with van der Waals surface area (Å²) >= 11 is 4.07. The minimum Gasteiger partial charge on any atom is -0.494 e. The molecule has 0 spiro atoms. The normalized spacial score (nSPS) is 13.3. The Morgan fingerprint density at radius 1 is 1.05 bits per heavy atom. The van der Waals surface area contributed by atoms with Gasteiger partial charge < -0.3 is 24.1 Å². The lowest BCUT2D eigenvalue weighted by atomic mass is 9.95. The van der Waals surface area contributed by atoms with E-state index in [1.54, 1.807) is 6.92 Å². The van der Waals surface area contributed by atoms with Crippen molar-refractivity contribution in [3.63, 3.8) is 0 Å². The first-order valence-electron chi connectivity index (χ1n) is 13.6. The maximum absolute atomic E-state index is 12.8. The lowest BCUT2D eigenvalue weighted by Gasteiger charge is -2.12. The fourth-order valence-electron chi connectivity index (χ4n) is 4.52. The van der Waals surface area contributed by atoms with Gasteiger partial charge in [-0.05, 0) is 70.2 Å². The highest BCUT2D eigenvalue weighted by Crippen LogP contribution is 2.38. The van der Waals surface area contributed by atoms with E-state index in [2.05, 4.69) is 10.3 Å². The molecule has 9 nitrogen and oxygen atoms in total. The Bertz CT molecular complexity index is 1420. The number of benzene rings is 1. The van der Waals surface area contributed by atoms with Crippen molar-refractivity contribution in [1.29, 1.82) is 0 Å². The summed E-state index contributed by atoms with van der Waals surface area (Å²) in [5, 5.41) is 3.43. The van der Waals surface area contributed by atoms with Gasteiger partial charge in [-0.15, -0.1) is 23.1 Å². The van der Waals surface area contributed by atoms with E-state index < -0.39 is 5.97 Å². The van der Waals surface area contributed by atoms with Crippen molar-refractivity contribution in [2.24, 2.45) is 4.99 Å². The van der Waals surface area contributed by atoms with Crippen LogP contribution in [0, 0.1) is 0 Å². The average Bonchev–Trinajstić information content (AvgIpc) is 3.46. The third kappa shape index (κ3) is 7.54. The van der Waals surface area contributed by atoms with Crippen molar-refractivity contribution in [3.05, 3.63) is 39.0 Å². The molecule has 0 atom stereocenters. The lowest BCUT2D eigenvalue weighted by molar-refractivity contribution is -0.115. The Hall–Kier alpha value is -2.67. The molecule has 4 rings (SSSR count). The van der Waals surface area contributed by atoms with Gasteiger partial charge in [0.25, 0.3) is 5.91 Å². The zero-order valence-corrected chi connectivity index (χ0v) is 25.5. The number of ether oxygens (including phenoxy) is 3. The van der Waals surface area contributed by atoms with Crippen molar-refractivity contribution >= 4 is 67.4 Å². The van der Waals surface area contributed by atoms with Crippen LogP contribution in [0.4, 0.5) is 5.00 Å². The van der Waals surface area contributed by atoms with E-state index in [1.807, 2.05) is 36.6 Å². The molecule has 2 amide bonds. The summed E-state index contributed by atoms with van der Waals surface area (Å²) in [6.07, 6.45) is 3.81. The maximum atomic E-state index is 12.8. The largest absolute Gasteiger partial charge is 0.494 e. The van der Waals surface area contributed by atoms with Gasteiger partial charge in [-0.25, -0.2) is 4.79 Å². The molecule has 0 radical (unpaired) electrons. The van der Waals surface area contributed by atoms with E-state index in [9.17, 15) is 14.4 Å². The molecule has 0 saturated heterocycles. The minimum absolute atomic E-state index is 0.0585. The van der Waals surface area contributed by atoms with Crippen LogP contribution in [0.5, 0.6) is 5.75 Å². The number of amides is 2. The van der Waals surface area contributed by atoms with Crippen molar-refractivity contribution in [1.82, 2.24) is 4.57 Å². The van der Waals surface area contributed by atoms with Gasteiger partial charge in [0.15, 0.2) is 4.80 Å². The first-order chi connectivity index (χ1) is 19.4. The van der Waals surface area contributed by atoms with E-state index in [0.717, 1.165) is 52.1 Å². The van der Waals surface area contributed by atoms with Gasteiger partial charge in [-0.2, -0.15) is 4.99 Å². The van der Waals surface area contributed by atoms with Crippen molar-refractivity contribution in [2.75, 3.05) is 43.3 Å². The van der Waals surface area contributed by atoms with Crippen molar-refractivity contribution < 1.29 is 28.6 Å². The number of carbonyl (C=O) groups is 3. The number of aryl methyl sites for hydroxylation is 1. The topological polar surface area (TPSA) is 108 Å². The van der Waals surface area contributed by atoms with Crippen LogP contribution in [-0.4, -0.2) is 60.3 Å². The highest BCUT2D eigenvalue weighted by molar-refractivity contribution is 8.00. The Morgan fingerprint density at radius 3 is 2.65 bits per heavy atom. The summed E-state index contributed by atoms with van der Waals surface area (Å²) in [5.41, 5.74) is 2.45. The second kappa shape index (κ2) is 14.8. The number of hydrogen-bond donors (Lipinski definition) is 1. The van der Waals surface area contributed by atoms with E-state index in [1.165, 1.54) is 34.4 Å². The third-order valence-electron chi connectivity index (χ3n) is 6.21. The Labute approximate surface area is 245 Å². The molecule has 2 aromatic heterocycles. The maximum Gasteiger partial charge on any atom is 0.341 e. The molecule has 1 N–H and O–H groups in total. The molecule has 40 heavy (non-hydrogen) atoms. The summed E-state index contributed by atoms with van der Waals surface area (Å²) in [6.45, 7) is 8.17. The van der Waals surface area contributed by atoms with Crippen LogP contribution < -0.4 is 14.9 Å². The SMILES string of the molecule is CCOCCn1c(=NC(=O)CSCC(=O)Nc2sc3c(c2C(=O)OCC)CCCC3)sc2cc(OCC)ccc21. The highest BCUT2D eigenvalue weighted by Gasteiger charge is 2.27. The zero-order valence-electron chi connectivity index (χ0n) is 23.1. The number of hydrogen-bond acceptors (Lipinski definition) is 9. The van der Waals surface area contributed by atoms with Gasteiger partial charge in [0.1, 0.15) is 10.8 Å². The predicted octanol–water partition coefficient (Wildman–Crippen LogP) is 5.05. The molecular weight excluding hydrogens is 571 g/mol. The zero-order chi connectivity index (χ0) is 28.5. The molecule has 0 saturated carbocycles. The van der Waals surface area contributed by atoms with E-state index in [0.29, 0.717) is 41.7 Å². The van der Waals surface area contributed by atoms with E-state index in [4.69, 9.17) is 14.2 Å². The average molecular weight is 606 g/mol. The Balaban J connectivity index is 1.42. The number of rotatable bonds is 13. The van der Waals surface area contributed by atoms with E-state index in [-0.39, 0.29) is 29.9 Å². The van der Waals surface area contributed by atoms with Crippen LogP contribution in [-0.2, 0) is 38.4 Å². The van der Waals surface area contributed by atoms with Crippen LogP contribution >= 0.6 is 34.4 Å². The third-order valence-corrected chi connectivity index (χ3v) is 9.38. The van der Waals surface area contributed by atoms with Gasteiger partial charge in [-0.1, -0.05) is 11.3 Å². The van der Waals surface area contributed by atoms with Gasteiger partial charge >= 0.3 is 5.97 Å². The predicted molar refractivity (Wildman–Crippen MR) is 161 cm³/mol. The number of esters is 1. The second-order valence-corrected chi connectivity index (χ2v) is 12.1. The molecule has 12 heteroatoms. The van der Waals surface area contributed by atoms with Gasteiger partial charge in [0, 0.05) is 18.0 Å². The minimum atomic E-state index is -0.395. The first-order valence-corrected chi connectivity index (χ1v) is 16.3. The van der Waals surface area contributed by atoms with Crippen LogP contribution in [0.3, 0.4) is 0 Å². The smallest absolute Gasteiger partial charge is 0.341 e. The van der Waals surface area contributed by atoms with Gasteiger partial charge in [0.05, 0.1) is 47.1 Å². The fourth-order valence-corrected chi connectivity index (χ4v) is 7.51. The summed E-state index contributed by atoms with van der Waals surface area (Å²) < 4.78 is 19.4. The molecule has 3 aromatic rings. The standard InChI is InChI=1S/C28H35N3O6S3/c1-4-35-14-13-31-20-12-11-18(36-5-2)15-22(20)40-28(31)30-24(33)17-38-16-23(32)29-26-25(27(34)37-6-3)19-9-7-8-10-21(19)39-26/h11-12,15H,4-10,13-14,16-17H2,1-3H3,(H,29,32). The number of thioether (sulfide) groups is 1. The summed E-state index contributed by atoms with van der Waals surface area (Å²) in [6, 6.07) is 5.84.